The number of phenols is 1. The molecule has 0 spiro atoms. The maximum atomic E-state index is 13.1. The van der Waals surface area contributed by atoms with E-state index in [9.17, 15) is 34.5 Å². The minimum absolute atomic E-state index is 0. The highest BCUT2D eigenvalue weighted by Crippen LogP contribution is 2.49. The number of hydrogen-bond acceptors (Lipinski definition) is 7. The molecule has 3 atom stereocenters. The standard InChI is InChI=1S/C20H18O6.C3H4O2.H2O.2H2/c1-8(21)14-13(23)7-11-6-10-5-9-3-2-4-12(22)15(9)19(25)16(10)20(26)17(11)18(14)24;1-2-3(4)5;;;/h2-4,10-11,17,22,24-25H,5-7H2,1H3;2H,1H2,(H,4,5);1H2;2*1H. The Morgan fingerprint density at radius 1 is 1.16 bits per heavy atom. The van der Waals surface area contributed by atoms with E-state index in [1.54, 1.807) is 12.1 Å². The summed E-state index contributed by atoms with van der Waals surface area (Å²) in [5, 5.41) is 38.8. The SMILES string of the molecule is C=CC(=O)O.CC(=O)C1=C(O)C2C(=O)C3=C(O)c4c(O)cccc4CC3CC2CC1=O.O.[HH].[HH]. The molecule has 1 fully saturated rings. The van der Waals surface area contributed by atoms with Crippen molar-refractivity contribution in [3.8, 4) is 5.75 Å². The molecule has 0 saturated heterocycles. The highest BCUT2D eigenvalue weighted by atomic mass is 16.4. The van der Waals surface area contributed by atoms with Gasteiger partial charge >= 0.3 is 5.97 Å². The Hall–Kier alpha value is -3.72. The smallest absolute Gasteiger partial charge is 0.327 e. The molecule has 1 saturated carbocycles. The Bertz CT molecular complexity index is 1090. The zero-order valence-corrected chi connectivity index (χ0v) is 17.3. The fourth-order valence-corrected chi connectivity index (χ4v) is 4.69. The molecule has 0 amide bonds. The summed E-state index contributed by atoms with van der Waals surface area (Å²) in [6.45, 7) is 4.15. The van der Waals surface area contributed by atoms with Crippen LogP contribution >= 0.6 is 0 Å². The van der Waals surface area contributed by atoms with Gasteiger partial charge in [-0.1, -0.05) is 18.7 Å². The van der Waals surface area contributed by atoms with E-state index in [0.717, 1.165) is 11.6 Å². The topological polar surface area (TPSA) is 181 Å². The second kappa shape index (κ2) is 9.19. The Labute approximate surface area is 186 Å². The summed E-state index contributed by atoms with van der Waals surface area (Å²) in [6.07, 6.45) is 1.79. The third-order valence-corrected chi connectivity index (χ3v) is 5.91. The predicted molar refractivity (Wildman–Crippen MR) is 117 cm³/mol. The van der Waals surface area contributed by atoms with Crippen LogP contribution in [0.5, 0.6) is 5.75 Å². The number of Topliss-reactive ketones (excluding diaryl/α,β-unsaturated/α-hetero) is 3. The lowest BCUT2D eigenvalue weighted by Crippen LogP contribution is -2.43. The first-order valence-electron chi connectivity index (χ1n) is 9.69. The molecule has 9 nitrogen and oxygen atoms in total. The molecule has 3 aliphatic rings. The van der Waals surface area contributed by atoms with E-state index in [-0.39, 0.29) is 48.9 Å². The third kappa shape index (κ3) is 4.06. The number of aliphatic hydroxyl groups excluding tert-OH is 2. The summed E-state index contributed by atoms with van der Waals surface area (Å²) in [7, 11) is 0. The van der Waals surface area contributed by atoms with E-state index in [1.807, 2.05) is 0 Å². The minimum Gasteiger partial charge on any atom is -0.511 e. The third-order valence-electron chi connectivity index (χ3n) is 5.91. The maximum Gasteiger partial charge on any atom is 0.327 e. The van der Waals surface area contributed by atoms with Crippen LogP contribution < -0.4 is 0 Å². The molecule has 0 bridgehead atoms. The lowest BCUT2D eigenvalue weighted by molar-refractivity contribution is -0.131. The van der Waals surface area contributed by atoms with Gasteiger partial charge in [0.2, 0.25) is 0 Å². The molecule has 32 heavy (non-hydrogen) atoms. The number of rotatable bonds is 2. The van der Waals surface area contributed by atoms with E-state index in [0.29, 0.717) is 12.8 Å². The van der Waals surface area contributed by atoms with Crippen molar-refractivity contribution in [1.82, 2.24) is 0 Å². The fourth-order valence-electron chi connectivity index (χ4n) is 4.69. The number of benzene rings is 1. The number of carboxylic acid groups (broad SMARTS) is 1. The van der Waals surface area contributed by atoms with Gasteiger partial charge in [0.1, 0.15) is 17.3 Å². The molecule has 3 aliphatic carbocycles. The van der Waals surface area contributed by atoms with Crippen molar-refractivity contribution in [1.29, 1.82) is 0 Å². The van der Waals surface area contributed by atoms with Crippen molar-refractivity contribution in [2.75, 3.05) is 0 Å². The lowest BCUT2D eigenvalue weighted by atomic mass is 9.61. The second-order valence-corrected chi connectivity index (χ2v) is 7.80. The van der Waals surface area contributed by atoms with E-state index < -0.39 is 40.9 Å². The van der Waals surface area contributed by atoms with Gasteiger partial charge in [0.15, 0.2) is 17.3 Å². The zero-order valence-electron chi connectivity index (χ0n) is 17.3. The monoisotopic (exact) mass is 448 g/mol. The summed E-state index contributed by atoms with van der Waals surface area (Å²) >= 11 is 0. The molecule has 0 heterocycles. The van der Waals surface area contributed by atoms with E-state index in [2.05, 4.69) is 6.58 Å². The maximum absolute atomic E-state index is 13.1. The van der Waals surface area contributed by atoms with E-state index >= 15 is 0 Å². The van der Waals surface area contributed by atoms with E-state index in [1.165, 1.54) is 13.0 Å². The Morgan fingerprint density at radius 2 is 1.78 bits per heavy atom. The molecule has 1 aromatic carbocycles. The zero-order chi connectivity index (χ0) is 23.0. The highest BCUT2D eigenvalue weighted by molar-refractivity contribution is 6.21. The van der Waals surface area contributed by atoms with Crippen LogP contribution in [0, 0.1) is 17.8 Å². The molecule has 4 rings (SSSR count). The van der Waals surface area contributed by atoms with Gasteiger partial charge in [0.25, 0.3) is 0 Å². The number of aliphatic carboxylic acids is 1. The fraction of sp³-hybridized carbons (Fsp3) is 0.304. The molecule has 0 aliphatic heterocycles. The van der Waals surface area contributed by atoms with Crippen molar-refractivity contribution < 1.29 is 47.9 Å². The van der Waals surface area contributed by atoms with Gasteiger partial charge in [-0.2, -0.15) is 0 Å². The van der Waals surface area contributed by atoms with Crippen LogP contribution in [0.2, 0.25) is 0 Å². The van der Waals surface area contributed by atoms with Gasteiger partial charge in [-0.3, -0.25) is 14.4 Å². The number of allylic oxidation sites excluding steroid dienone is 3. The predicted octanol–water partition coefficient (Wildman–Crippen LogP) is 2.34. The van der Waals surface area contributed by atoms with Crippen molar-refractivity contribution in [3.05, 3.63) is 58.9 Å². The van der Waals surface area contributed by atoms with Crippen molar-refractivity contribution in [3.63, 3.8) is 0 Å². The Kier molecular flexibility index (Phi) is 7.05. The highest BCUT2D eigenvalue weighted by Gasteiger charge is 2.50. The number of aromatic hydroxyl groups is 1. The number of ketones is 3. The number of aliphatic hydroxyl groups is 2. The largest absolute Gasteiger partial charge is 0.511 e. The average molecular weight is 448 g/mol. The molecule has 0 radical (unpaired) electrons. The van der Waals surface area contributed by atoms with Crippen LogP contribution in [0.1, 0.15) is 33.7 Å². The van der Waals surface area contributed by atoms with Gasteiger partial charge in [-0.05, 0) is 43.2 Å². The molecular formula is C23H28O9. The van der Waals surface area contributed by atoms with E-state index in [4.69, 9.17) is 5.11 Å². The first-order chi connectivity index (χ1) is 14.6. The number of hydrogen-bond donors (Lipinski definition) is 4. The van der Waals surface area contributed by atoms with Crippen LogP contribution in [0.3, 0.4) is 0 Å². The van der Waals surface area contributed by atoms with Crippen LogP contribution in [0.4, 0.5) is 0 Å². The first-order valence-corrected chi connectivity index (χ1v) is 9.69. The van der Waals surface area contributed by atoms with Crippen LogP contribution in [0.25, 0.3) is 5.76 Å². The average Bonchev–Trinajstić information content (AvgIpc) is 2.67. The van der Waals surface area contributed by atoms with Crippen molar-refractivity contribution in [2.45, 2.75) is 26.2 Å². The van der Waals surface area contributed by atoms with Gasteiger partial charge in [-0.25, -0.2) is 4.79 Å². The number of fused-ring (bicyclic) bond motifs is 3. The minimum atomic E-state index is -0.993. The van der Waals surface area contributed by atoms with Crippen LogP contribution in [0.15, 0.2) is 47.8 Å². The van der Waals surface area contributed by atoms with Gasteiger partial charge < -0.3 is 25.9 Å². The molecule has 0 aromatic heterocycles. The lowest BCUT2D eigenvalue weighted by Gasteiger charge is -2.41. The summed E-state index contributed by atoms with van der Waals surface area (Å²) in [4.78, 5) is 46.3. The Balaban J connectivity index is 0.00000124. The Morgan fingerprint density at radius 3 is 2.34 bits per heavy atom. The van der Waals surface area contributed by atoms with Crippen LogP contribution in [-0.2, 0) is 25.6 Å². The summed E-state index contributed by atoms with van der Waals surface area (Å²) in [6, 6.07) is 4.91. The quantitative estimate of drug-likeness (QED) is 0.393. The number of carboxylic acids is 1. The number of carbonyl (C=O) groups is 4. The summed E-state index contributed by atoms with van der Waals surface area (Å²) in [5.41, 5.74) is 0.850. The molecule has 1 aromatic rings. The molecule has 3 unspecified atom stereocenters. The summed E-state index contributed by atoms with van der Waals surface area (Å²) < 4.78 is 0. The second-order valence-electron chi connectivity index (χ2n) is 7.80. The van der Waals surface area contributed by atoms with Gasteiger partial charge in [0, 0.05) is 20.9 Å². The van der Waals surface area contributed by atoms with Gasteiger partial charge in [0.05, 0.1) is 17.1 Å². The van der Waals surface area contributed by atoms with Crippen molar-refractivity contribution in [2.24, 2.45) is 17.8 Å². The molecule has 6 N–H and O–H groups in total. The molecule has 174 valence electrons. The van der Waals surface area contributed by atoms with Crippen LogP contribution in [-0.4, -0.2) is 49.2 Å². The first kappa shape index (κ1) is 24.5. The molecule has 9 heteroatoms. The number of carbonyl (C=O) groups excluding carboxylic acids is 3. The van der Waals surface area contributed by atoms with Crippen molar-refractivity contribution >= 4 is 29.1 Å². The molecular weight excluding hydrogens is 420 g/mol. The van der Waals surface area contributed by atoms with Gasteiger partial charge in [-0.15, -0.1) is 0 Å². The number of phenolic OH excluding ortho intramolecular Hbond substituents is 1. The summed E-state index contributed by atoms with van der Waals surface area (Å²) in [5.74, 6) is -4.98. The normalized spacial score (nSPS) is 23.6.